The first kappa shape index (κ1) is 16.8. The normalized spacial score (nSPS) is 13.0. The Morgan fingerprint density at radius 2 is 1.93 bits per heavy atom. The quantitative estimate of drug-likeness (QED) is 0.612. The van der Waals surface area contributed by atoms with Crippen LogP contribution >= 0.6 is 0 Å². The Morgan fingerprint density at radius 3 is 2.78 bits per heavy atom. The zero-order valence-corrected chi connectivity index (χ0v) is 14.6. The number of aryl methyl sites for hydroxylation is 1. The number of rotatable bonds is 4. The summed E-state index contributed by atoms with van der Waals surface area (Å²) in [5.74, 6) is 0.581. The summed E-state index contributed by atoms with van der Waals surface area (Å²) in [6.07, 6.45) is 5.03. The standard InChI is InChI=1S/C19H19N7O/c20-16-17(24-25-19(27)14-8-3-4-10-21-14)22-12-23-18(16)26-11-5-7-13-6-1-2-9-15(13)26/h1-4,6,8-10,12H,5,7,11,20H2,(H,25,27)(H,22,23,24). The monoisotopic (exact) mass is 361 g/mol. The van der Waals surface area contributed by atoms with Crippen LogP contribution < -0.4 is 21.5 Å². The summed E-state index contributed by atoms with van der Waals surface area (Å²) in [7, 11) is 0. The van der Waals surface area contributed by atoms with Crippen molar-refractivity contribution < 1.29 is 4.79 Å². The molecule has 3 heterocycles. The molecule has 0 fully saturated rings. The number of hydrogen-bond donors (Lipinski definition) is 3. The Labute approximate surface area is 156 Å². The second-order valence-electron chi connectivity index (χ2n) is 6.14. The summed E-state index contributed by atoms with van der Waals surface area (Å²) in [6.45, 7) is 0.817. The van der Waals surface area contributed by atoms with Gasteiger partial charge in [0.05, 0.1) is 0 Å². The van der Waals surface area contributed by atoms with E-state index in [0.717, 1.165) is 25.1 Å². The van der Waals surface area contributed by atoms with Gasteiger partial charge in [0.2, 0.25) is 0 Å². The number of carbonyl (C=O) groups is 1. The Bertz CT molecular complexity index is 961. The zero-order valence-electron chi connectivity index (χ0n) is 14.6. The molecule has 0 spiro atoms. The van der Waals surface area contributed by atoms with E-state index >= 15 is 0 Å². The number of anilines is 4. The number of nitrogen functional groups attached to an aromatic ring is 1. The molecule has 8 heteroatoms. The molecule has 0 atom stereocenters. The number of carbonyl (C=O) groups excluding carboxylic acids is 1. The third-order valence-corrected chi connectivity index (χ3v) is 4.42. The van der Waals surface area contributed by atoms with Gasteiger partial charge in [-0.05, 0) is 36.6 Å². The molecular formula is C19H19N7O. The van der Waals surface area contributed by atoms with E-state index in [1.54, 1.807) is 24.4 Å². The highest BCUT2D eigenvalue weighted by atomic mass is 16.2. The van der Waals surface area contributed by atoms with E-state index in [2.05, 4.69) is 42.8 Å². The summed E-state index contributed by atoms with van der Waals surface area (Å²) in [4.78, 5) is 26.8. The van der Waals surface area contributed by atoms with Gasteiger partial charge in [-0.15, -0.1) is 0 Å². The summed E-state index contributed by atoms with van der Waals surface area (Å²) >= 11 is 0. The minimum absolute atomic E-state index is 0.294. The van der Waals surface area contributed by atoms with Crippen LogP contribution in [-0.2, 0) is 6.42 Å². The molecule has 0 saturated heterocycles. The van der Waals surface area contributed by atoms with Crippen LogP contribution in [0.3, 0.4) is 0 Å². The smallest absolute Gasteiger partial charge is 0.288 e. The minimum Gasteiger partial charge on any atom is -0.393 e. The van der Waals surface area contributed by atoms with Crippen molar-refractivity contribution in [2.75, 3.05) is 22.6 Å². The predicted molar refractivity (Wildman–Crippen MR) is 104 cm³/mol. The molecule has 1 aliphatic heterocycles. The van der Waals surface area contributed by atoms with Gasteiger partial charge in [0, 0.05) is 18.4 Å². The molecule has 0 unspecified atom stereocenters. The average molecular weight is 361 g/mol. The summed E-state index contributed by atoms with van der Waals surface area (Å²) < 4.78 is 0. The van der Waals surface area contributed by atoms with Gasteiger partial charge in [-0.1, -0.05) is 24.3 Å². The molecule has 1 aromatic carbocycles. The van der Waals surface area contributed by atoms with Crippen molar-refractivity contribution in [1.82, 2.24) is 20.4 Å². The Hall–Kier alpha value is -3.68. The fourth-order valence-corrected chi connectivity index (χ4v) is 3.13. The second kappa shape index (κ2) is 7.28. The SMILES string of the molecule is Nc1c(NNC(=O)c2ccccn2)ncnc1N1CCCc2ccccc21. The zero-order chi connectivity index (χ0) is 18.6. The molecule has 136 valence electrons. The van der Waals surface area contributed by atoms with Crippen molar-refractivity contribution in [3.05, 3.63) is 66.2 Å². The maximum absolute atomic E-state index is 12.1. The molecule has 8 nitrogen and oxygen atoms in total. The highest BCUT2D eigenvalue weighted by molar-refractivity contribution is 5.93. The lowest BCUT2D eigenvalue weighted by atomic mass is 10.0. The van der Waals surface area contributed by atoms with Gasteiger partial charge in [-0.25, -0.2) is 9.97 Å². The fraction of sp³-hybridized carbons (Fsp3) is 0.158. The van der Waals surface area contributed by atoms with Crippen LogP contribution in [0.15, 0.2) is 55.0 Å². The number of nitrogens with zero attached hydrogens (tertiary/aromatic N) is 4. The summed E-state index contributed by atoms with van der Waals surface area (Å²) in [5.41, 5.74) is 14.7. The molecule has 0 radical (unpaired) electrons. The first-order valence-electron chi connectivity index (χ1n) is 8.67. The molecule has 0 aliphatic carbocycles. The van der Waals surface area contributed by atoms with Crippen LogP contribution in [0.5, 0.6) is 0 Å². The van der Waals surface area contributed by atoms with E-state index in [0.29, 0.717) is 23.0 Å². The van der Waals surface area contributed by atoms with E-state index < -0.39 is 0 Å². The summed E-state index contributed by atoms with van der Waals surface area (Å²) in [6, 6.07) is 13.3. The van der Waals surface area contributed by atoms with Crippen molar-refractivity contribution in [2.45, 2.75) is 12.8 Å². The number of benzene rings is 1. The van der Waals surface area contributed by atoms with Crippen LogP contribution in [0.25, 0.3) is 0 Å². The minimum atomic E-state index is -0.376. The lowest BCUT2D eigenvalue weighted by molar-refractivity contribution is 0.0957. The van der Waals surface area contributed by atoms with Crippen LogP contribution in [0.2, 0.25) is 0 Å². The maximum atomic E-state index is 12.1. The van der Waals surface area contributed by atoms with Crippen LogP contribution in [0.4, 0.5) is 23.0 Å². The number of pyridine rings is 1. The van der Waals surface area contributed by atoms with E-state index in [1.165, 1.54) is 11.9 Å². The van der Waals surface area contributed by atoms with Crippen molar-refractivity contribution >= 4 is 28.9 Å². The van der Waals surface area contributed by atoms with E-state index in [1.807, 2.05) is 12.1 Å². The molecule has 1 aliphatic rings. The highest BCUT2D eigenvalue weighted by Crippen LogP contribution is 2.36. The predicted octanol–water partition coefficient (Wildman–Crippen LogP) is 2.29. The topological polar surface area (TPSA) is 109 Å². The molecule has 1 amide bonds. The molecule has 2 aromatic heterocycles. The molecule has 27 heavy (non-hydrogen) atoms. The average Bonchev–Trinajstić information content (AvgIpc) is 2.73. The number of amides is 1. The Kier molecular flexibility index (Phi) is 4.52. The van der Waals surface area contributed by atoms with Crippen molar-refractivity contribution in [1.29, 1.82) is 0 Å². The van der Waals surface area contributed by atoms with Crippen LogP contribution in [0, 0.1) is 0 Å². The Morgan fingerprint density at radius 1 is 1.07 bits per heavy atom. The van der Waals surface area contributed by atoms with Gasteiger partial charge < -0.3 is 10.6 Å². The van der Waals surface area contributed by atoms with Crippen LogP contribution in [0.1, 0.15) is 22.5 Å². The lowest BCUT2D eigenvalue weighted by Crippen LogP contribution is -2.32. The first-order chi connectivity index (χ1) is 13.2. The molecule has 4 N–H and O–H groups in total. The van der Waals surface area contributed by atoms with Gasteiger partial charge in [0.1, 0.15) is 17.7 Å². The number of nitrogens with one attached hydrogen (secondary N) is 2. The number of para-hydroxylation sites is 1. The van der Waals surface area contributed by atoms with Crippen LogP contribution in [-0.4, -0.2) is 27.4 Å². The van der Waals surface area contributed by atoms with E-state index in [9.17, 15) is 4.79 Å². The van der Waals surface area contributed by atoms with Gasteiger partial charge in [-0.3, -0.25) is 20.6 Å². The number of hydrazine groups is 1. The van der Waals surface area contributed by atoms with Crippen molar-refractivity contribution in [2.24, 2.45) is 0 Å². The second-order valence-corrected chi connectivity index (χ2v) is 6.14. The van der Waals surface area contributed by atoms with Gasteiger partial charge in [0.25, 0.3) is 5.91 Å². The third-order valence-electron chi connectivity index (χ3n) is 4.42. The van der Waals surface area contributed by atoms with E-state index in [-0.39, 0.29) is 5.91 Å². The lowest BCUT2D eigenvalue weighted by Gasteiger charge is -2.31. The van der Waals surface area contributed by atoms with Gasteiger partial charge >= 0.3 is 0 Å². The molecule has 0 saturated carbocycles. The molecule has 0 bridgehead atoms. The first-order valence-corrected chi connectivity index (χ1v) is 8.67. The molecule has 4 rings (SSSR count). The van der Waals surface area contributed by atoms with Crippen molar-refractivity contribution in [3.63, 3.8) is 0 Å². The number of aromatic nitrogens is 3. The largest absolute Gasteiger partial charge is 0.393 e. The molecular weight excluding hydrogens is 342 g/mol. The third kappa shape index (κ3) is 3.37. The van der Waals surface area contributed by atoms with Gasteiger partial charge in [0.15, 0.2) is 11.6 Å². The number of nitrogens with two attached hydrogens (primary N) is 1. The maximum Gasteiger partial charge on any atom is 0.288 e. The van der Waals surface area contributed by atoms with E-state index in [4.69, 9.17) is 5.73 Å². The molecule has 3 aromatic rings. The Balaban J connectivity index is 1.56. The summed E-state index contributed by atoms with van der Waals surface area (Å²) in [5, 5.41) is 0. The fourth-order valence-electron chi connectivity index (χ4n) is 3.13. The van der Waals surface area contributed by atoms with Gasteiger partial charge in [-0.2, -0.15) is 0 Å². The highest BCUT2D eigenvalue weighted by Gasteiger charge is 2.22. The number of hydrogen-bond acceptors (Lipinski definition) is 7. The number of fused-ring (bicyclic) bond motifs is 1. The van der Waals surface area contributed by atoms with Crippen molar-refractivity contribution in [3.8, 4) is 0 Å².